The van der Waals surface area contributed by atoms with E-state index >= 15 is 0 Å². The Bertz CT molecular complexity index is 434. The van der Waals surface area contributed by atoms with Gasteiger partial charge in [0.05, 0.1) is 46.0 Å². The maximum atomic E-state index is 4.39. The first-order chi connectivity index (χ1) is 6.68. The molecular formula is C8H9BrN4S. The molecule has 0 atom stereocenters. The van der Waals surface area contributed by atoms with Crippen LogP contribution in [-0.2, 0) is 6.54 Å². The van der Waals surface area contributed by atoms with Crippen molar-refractivity contribution in [3.8, 4) is 0 Å². The highest BCUT2D eigenvalue weighted by molar-refractivity contribution is 9.10. The van der Waals surface area contributed by atoms with E-state index in [0.717, 1.165) is 21.6 Å². The van der Waals surface area contributed by atoms with E-state index in [1.165, 1.54) is 11.7 Å². The Morgan fingerprint density at radius 3 is 2.79 bits per heavy atom. The monoisotopic (exact) mass is 272 g/mol. The van der Waals surface area contributed by atoms with E-state index in [-0.39, 0.29) is 0 Å². The summed E-state index contributed by atoms with van der Waals surface area (Å²) in [5.41, 5.74) is 3.08. The third-order valence-electron chi connectivity index (χ3n) is 2.01. The van der Waals surface area contributed by atoms with Gasteiger partial charge in [-0.3, -0.25) is 4.68 Å². The van der Waals surface area contributed by atoms with Crippen LogP contribution in [0.1, 0.15) is 17.1 Å². The van der Waals surface area contributed by atoms with Gasteiger partial charge in [-0.1, -0.05) is 0 Å². The van der Waals surface area contributed by atoms with Gasteiger partial charge < -0.3 is 0 Å². The summed E-state index contributed by atoms with van der Waals surface area (Å²) < 4.78 is 11.1. The molecule has 0 saturated heterocycles. The minimum absolute atomic E-state index is 0.689. The van der Waals surface area contributed by atoms with Crippen LogP contribution < -0.4 is 0 Å². The predicted octanol–water partition coefficient (Wildman–Crippen LogP) is 2.16. The van der Waals surface area contributed by atoms with Crippen LogP contribution in [0, 0.1) is 13.8 Å². The Kier molecular flexibility index (Phi) is 2.64. The Balaban J connectivity index is 2.30. The fourth-order valence-electron chi connectivity index (χ4n) is 1.24. The first-order valence-corrected chi connectivity index (χ1v) is 5.66. The van der Waals surface area contributed by atoms with Crippen molar-refractivity contribution in [2.24, 2.45) is 0 Å². The van der Waals surface area contributed by atoms with E-state index < -0.39 is 0 Å². The summed E-state index contributed by atoms with van der Waals surface area (Å²) in [5, 5.41) is 4.39. The van der Waals surface area contributed by atoms with E-state index in [9.17, 15) is 0 Å². The summed E-state index contributed by atoms with van der Waals surface area (Å²) in [7, 11) is 0. The van der Waals surface area contributed by atoms with Crippen LogP contribution in [-0.4, -0.2) is 18.5 Å². The molecule has 4 nitrogen and oxygen atoms in total. The van der Waals surface area contributed by atoms with Crippen LogP contribution in [0.5, 0.6) is 0 Å². The van der Waals surface area contributed by atoms with Gasteiger partial charge in [-0.15, -0.1) is 0 Å². The molecule has 0 saturated carbocycles. The second-order valence-corrected chi connectivity index (χ2v) is 4.39. The lowest BCUT2D eigenvalue weighted by atomic mass is 10.4. The molecule has 0 radical (unpaired) electrons. The van der Waals surface area contributed by atoms with Crippen molar-refractivity contribution in [1.82, 2.24) is 18.5 Å². The Labute approximate surface area is 94.4 Å². The second-order valence-electron chi connectivity index (χ2n) is 3.04. The van der Waals surface area contributed by atoms with Crippen molar-refractivity contribution < 1.29 is 0 Å². The van der Waals surface area contributed by atoms with Crippen molar-refractivity contribution in [3.63, 3.8) is 0 Å². The highest BCUT2D eigenvalue weighted by atomic mass is 79.9. The van der Waals surface area contributed by atoms with Gasteiger partial charge in [-0.05, 0) is 29.8 Å². The highest BCUT2D eigenvalue weighted by Gasteiger charge is 2.09. The lowest BCUT2D eigenvalue weighted by molar-refractivity contribution is 0.650. The van der Waals surface area contributed by atoms with Crippen LogP contribution in [0.2, 0.25) is 0 Å². The van der Waals surface area contributed by atoms with Crippen molar-refractivity contribution in [2.45, 2.75) is 20.4 Å². The molecule has 0 unspecified atom stereocenters. The molecule has 0 aliphatic rings. The molecule has 74 valence electrons. The molecule has 6 heteroatoms. The number of nitrogens with zero attached hydrogens (tertiary/aromatic N) is 4. The molecular weight excluding hydrogens is 264 g/mol. The Morgan fingerprint density at radius 1 is 1.50 bits per heavy atom. The SMILES string of the molecule is Cc1nn(Cc2cnsn2)c(C)c1Br. The normalized spacial score (nSPS) is 10.8. The maximum absolute atomic E-state index is 4.39. The highest BCUT2D eigenvalue weighted by Crippen LogP contribution is 2.20. The van der Waals surface area contributed by atoms with Gasteiger partial charge in [-0.25, -0.2) is 0 Å². The Hall–Kier alpha value is -0.750. The van der Waals surface area contributed by atoms with Gasteiger partial charge in [0.25, 0.3) is 0 Å². The molecule has 14 heavy (non-hydrogen) atoms. The standard InChI is InChI=1S/C8H9BrN4S/c1-5-8(9)6(2)13(11-5)4-7-3-10-14-12-7/h3H,4H2,1-2H3. The lowest BCUT2D eigenvalue weighted by Gasteiger charge is -1.99. The minimum Gasteiger partial charge on any atom is -0.262 e. The second kappa shape index (κ2) is 3.78. The van der Waals surface area contributed by atoms with Gasteiger partial charge in [0, 0.05) is 0 Å². The molecule has 2 heterocycles. The van der Waals surface area contributed by atoms with Gasteiger partial charge in [0.1, 0.15) is 0 Å². The molecule has 0 bridgehead atoms. The summed E-state index contributed by atoms with van der Waals surface area (Å²) in [6.07, 6.45) is 1.77. The van der Waals surface area contributed by atoms with Crippen LogP contribution >= 0.6 is 27.7 Å². The Morgan fingerprint density at radius 2 is 2.29 bits per heavy atom. The largest absolute Gasteiger partial charge is 0.262 e. The van der Waals surface area contributed by atoms with Crippen molar-refractivity contribution in [2.75, 3.05) is 0 Å². The van der Waals surface area contributed by atoms with Gasteiger partial charge >= 0.3 is 0 Å². The predicted molar refractivity (Wildman–Crippen MR) is 58.4 cm³/mol. The smallest absolute Gasteiger partial charge is 0.0957 e. The molecule has 0 aliphatic carbocycles. The zero-order chi connectivity index (χ0) is 10.1. The summed E-state index contributed by atoms with van der Waals surface area (Å²) in [6, 6.07) is 0. The number of rotatable bonds is 2. The van der Waals surface area contributed by atoms with E-state index in [1.807, 2.05) is 18.5 Å². The summed E-state index contributed by atoms with van der Waals surface area (Å²) in [4.78, 5) is 0. The van der Waals surface area contributed by atoms with Gasteiger partial charge in [0.2, 0.25) is 0 Å². The molecule has 2 rings (SSSR count). The summed E-state index contributed by atoms with van der Waals surface area (Å²) >= 11 is 4.71. The number of aryl methyl sites for hydroxylation is 1. The zero-order valence-electron chi connectivity index (χ0n) is 7.86. The van der Waals surface area contributed by atoms with Gasteiger partial charge in [-0.2, -0.15) is 13.8 Å². The molecule has 0 fully saturated rings. The summed E-state index contributed by atoms with van der Waals surface area (Å²) in [6.45, 7) is 4.70. The van der Waals surface area contributed by atoms with Crippen molar-refractivity contribution >= 4 is 27.7 Å². The van der Waals surface area contributed by atoms with E-state index in [0.29, 0.717) is 6.54 Å². The van der Waals surface area contributed by atoms with Crippen LogP contribution in [0.25, 0.3) is 0 Å². The number of hydrogen-bond donors (Lipinski definition) is 0. The zero-order valence-corrected chi connectivity index (χ0v) is 10.3. The van der Waals surface area contributed by atoms with E-state index in [1.54, 1.807) is 6.20 Å². The first-order valence-electron chi connectivity index (χ1n) is 4.14. The third-order valence-corrected chi connectivity index (χ3v) is 3.68. The van der Waals surface area contributed by atoms with Crippen LogP contribution in [0.3, 0.4) is 0 Å². The first kappa shape index (κ1) is 9.79. The minimum atomic E-state index is 0.689. The molecule has 0 amide bonds. The van der Waals surface area contributed by atoms with Crippen molar-refractivity contribution in [1.29, 1.82) is 0 Å². The topological polar surface area (TPSA) is 43.6 Å². The number of aromatic nitrogens is 4. The number of hydrogen-bond acceptors (Lipinski definition) is 4. The molecule has 0 N–H and O–H groups in total. The molecule has 0 spiro atoms. The molecule has 0 aromatic carbocycles. The van der Waals surface area contributed by atoms with Crippen LogP contribution in [0.4, 0.5) is 0 Å². The average molecular weight is 273 g/mol. The quantitative estimate of drug-likeness (QED) is 0.842. The van der Waals surface area contributed by atoms with Crippen LogP contribution in [0.15, 0.2) is 10.7 Å². The average Bonchev–Trinajstić information content (AvgIpc) is 2.73. The fourth-order valence-corrected chi connectivity index (χ4v) is 1.95. The van der Waals surface area contributed by atoms with E-state index in [4.69, 9.17) is 0 Å². The number of halogens is 1. The van der Waals surface area contributed by atoms with E-state index in [2.05, 4.69) is 29.8 Å². The summed E-state index contributed by atoms with van der Waals surface area (Å²) in [5.74, 6) is 0. The lowest BCUT2D eigenvalue weighted by Crippen LogP contribution is -2.03. The molecule has 2 aromatic heterocycles. The maximum Gasteiger partial charge on any atom is 0.0957 e. The van der Waals surface area contributed by atoms with Gasteiger partial charge in [0.15, 0.2) is 0 Å². The van der Waals surface area contributed by atoms with Crippen molar-refractivity contribution in [3.05, 3.63) is 27.8 Å². The third kappa shape index (κ3) is 1.72. The molecule has 2 aromatic rings. The molecule has 0 aliphatic heterocycles. The fraction of sp³-hybridized carbons (Fsp3) is 0.375.